The molecule has 1 aromatic carbocycles. The summed E-state index contributed by atoms with van der Waals surface area (Å²) in [5, 5.41) is 2.82. The second kappa shape index (κ2) is 10.0. The number of amides is 4. The summed E-state index contributed by atoms with van der Waals surface area (Å²) in [5.74, 6) is 1.11. The van der Waals surface area contributed by atoms with Crippen molar-refractivity contribution < 1.29 is 14.4 Å². The van der Waals surface area contributed by atoms with E-state index in [-0.39, 0.29) is 23.9 Å². The van der Waals surface area contributed by atoms with Crippen LogP contribution in [0.1, 0.15) is 56.9 Å². The molecule has 4 heterocycles. The van der Waals surface area contributed by atoms with Crippen molar-refractivity contribution in [1.29, 1.82) is 0 Å². The monoisotopic (exact) mass is 490 g/mol. The van der Waals surface area contributed by atoms with E-state index in [1.54, 1.807) is 0 Å². The molecule has 4 aliphatic heterocycles. The molecule has 7 heteroatoms. The van der Waals surface area contributed by atoms with Crippen LogP contribution in [-0.2, 0) is 16.0 Å². The molecule has 4 saturated heterocycles. The number of piperidine rings is 3. The van der Waals surface area contributed by atoms with Gasteiger partial charge in [0.05, 0.1) is 6.04 Å². The fourth-order valence-electron chi connectivity index (χ4n) is 7.53. The second-order valence-electron chi connectivity index (χ2n) is 11.4. The van der Waals surface area contributed by atoms with Crippen molar-refractivity contribution >= 4 is 17.8 Å². The SMILES string of the molecule is O=C1N[C@H](CCC(=O)N2CCCC3=C[C@H]4C[C@@H](CN5CCCC[C@@H]45)[C@H]32)C(=O)N1CCc1ccccc1. The van der Waals surface area contributed by atoms with Gasteiger partial charge in [-0.2, -0.15) is 0 Å². The predicted molar refractivity (Wildman–Crippen MR) is 137 cm³/mol. The molecule has 192 valence electrons. The maximum atomic E-state index is 13.5. The van der Waals surface area contributed by atoms with Crippen molar-refractivity contribution in [3.63, 3.8) is 0 Å². The number of hydrogen-bond acceptors (Lipinski definition) is 4. The molecule has 4 amide bonds. The smallest absolute Gasteiger partial charge is 0.324 e. The molecular formula is C29H38N4O3. The van der Waals surface area contributed by atoms with Gasteiger partial charge < -0.3 is 10.2 Å². The van der Waals surface area contributed by atoms with Crippen LogP contribution >= 0.6 is 0 Å². The fourth-order valence-corrected chi connectivity index (χ4v) is 7.53. The van der Waals surface area contributed by atoms with Gasteiger partial charge in [0.1, 0.15) is 6.04 Å². The molecule has 0 unspecified atom stereocenters. The number of urea groups is 1. The van der Waals surface area contributed by atoms with Crippen molar-refractivity contribution in [2.75, 3.05) is 26.2 Å². The Bertz CT molecular complexity index is 1040. The van der Waals surface area contributed by atoms with Crippen LogP contribution in [-0.4, -0.2) is 76.8 Å². The van der Waals surface area contributed by atoms with Gasteiger partial charge in [0.2, 0.25) is 5.91 Å². The topological polar surface area (TPSA) is 73.0 Å². The van der Waals surface area contributed by atoms with E-state index in [0.717, 1.165) is 31.5 Å². The summed E-state index contributed by atoms with van der Waals surface area (Å²) in [6.45, 7) is 3.48. The Labute approximate surface area is 213 Å². The molecule has 5 atom stereocenters. The van der Waals surface area contributed by atoms with E-state index < -0.39 is 6.04 Å². The molecular weight excluding hydrogens is 452 g/mol. The van der Waals surface area contributed by atoms with Gasteiger partial charge in [0.15, 0.2) is 0 Å². The third-order valence-electron chi connectivity index (χ3n) is 9.20. The Hall–Kier alpha value is -2.67. The van der Waals surface area contributed by atoms with Gasteiger partial charge in [0, 0.05) is 32.1 Å². The van der Waals surface area contributed by atoms with Gasteiger partial charge in [-0.05, 0) is 68.9 Å². The lowest BCUT2D eigenvalue weighted by atomic mass is 9.68. The van der Waals surface area contributed by atoms with Crippen LogP contribution < -0.4 is 5.32 Å². The summed E-state index contributed by atoms with van der Waals surface area (Å²) in [7, 11) is 0. The molecule has 0 spiro atoms. The average Bonchev–Trinajstić information content (AvgIpc) is 3.18. The first kappa shape index (κ1) is 23.7. The lowest BCUT2D eigenvalue weighted by Crippen LogP contribution is -2.60. The minimum atomic E-state index is -0.600. The number of nitrogens with one attached hydrogen (secondary N) is 1. The lowest BCUT2D eigenvalue weighted by molar-refractivity contribution is -0.136. The largest absolute Gasteiger partial charge is 0.336 e. The highest BCUT2D eigenvalue weighted by Crippen LogP contribution is 2.45. The normalized spacial score (nSPS) is 32.0. The second-order valence-corrected chi connectivity index (χ2v) is 11.4. The Morgan fingerprint density at radius 1 is 1.06 bits per heavy atom. The Balaban J connectivity index is 1.07. The van der Waals surface area contributed by atoms with E-state index in [4.69, 9.17) is 0 Å². The van der Waals surface area contributed by atoms with Gasteiger partial charge in [-0.15, -0.1) is 0 Å². The summed E-state index contributed by atoms with van der Waals surface area (Å²) >= 11 is 0. The van der Waals surface area contributed by atoms with Crippen LogP contribution in [0.5, 0.6) is 0 Å². The molecule has 5 aliphatic rings. The first-order valence-corrected chi connectivity index (χ1v) is 14.0. The Kier molecular flexibility index (Phi) is 6.59. The lowest BCUT2D eigenvalue weighted by Gasteiger charge is -2.54. The van der Waals surface area contributed by atoms with E-state index >= 15 is 0 Å². The van der Waals surface area contributed by atoms with Gasteiger partial charge >= 0.3 is 6.03 Å². The number of likely N-dealkylation sites (tertiary alicyclic amines) is 1. The summed E-state index contributed by atoms with van der Waals surface area (Å²) in [5.41, 5.74) is 2.58. The highest BCUT2D eigenvalue weighted by molar-refractivity contribution is 6.04. The highest BCUT2D eigenvalue weighted by Gasteiger charge is 2.47. The number of carbonyl (C=O) groups is 3. The van der Waals surface area contributed by atoms with E-state index in [9.17, 15) is 14.4 Å². The maximum Gasteiger partial charge on any atom is 0.324 e. The summed E-state index contributed by atoms with van der Waals surface area (Å²) < 4.78 is 0. The van der Waals surface area contributed by atoms with E-state index in [1.807, 2.05) is 30.3 Å². The summed E-state index contributed by atoms with van der Waals surface area (Å²) in [4.78, 5) is 45.0. The third-order valence-corrected chi connectivity index (χ3v) is 9.20. The zero-order valence-corrected chi connectivity index (χ0v) is 21.1. The van der Waals surface area contributed by atoms with Gasteiger partial charge in [-0.1, -0.05) is 48.4 Å². The molecule has 1 aromatic rings. The van der Waals surface area contributed by atoms with Gasteiger partial charge in [-0.25, -0.2) is 4.79 Å². The molecule has 6 rings (SSSR count). The van der Waals surface area contributed by atoms with Crippen molar-refractivity contribution in [3.8, 4) is 0 Å². The first-order chi connectivity index (χ1) is 17.6. The number of carbonyl (C=O) groups excluding carboxylic acids is 3. The average molecular weight is 491 g/mol. The van der Waals surface area contributed by atoms with Crippen LogP contribution in [0.3, 0.4) is 0 Å². The standard InChI is InChI=1S/C29H38N4O3/c34-26(12-11-24-28(35)33(29(36)30-24)16-13-20-7-2-1-3-8-20)32-15-6-9-21-17-22-18-23(27(21)32)19-31-14-5-4-10-25(22)31/h1-3,7-8,17,22-25,27H,4-6,9-16,18-19H2,(H,30,36)/t22-,23-,24+,25-,27-/m0/s1. The molecule has 7 nitrogen and oxygen atoms in total. The molecule has 1 N–H and O–H groups in total. The molecule has 4 fully saturated rings. The number of nitrogens with zero attached hydrogens (tertiary/aromatic N) is 3. The van der Waals surface area contributed by atoms with Gasteiger partial charge in [0.25, 0.3) is 5.91 Å². The van der Waals surface area contributed by atoms with Crippen molar-refractivity contribution in [2.24, 2.45) is 11.8 Å². The van der Waals surface area contributed by atoms with Crippen molar-refractivity contribution in [3.05, 3.63) is 47.5 Å². The maximum absolute atomic E-state index is 13.5. The van der Waals surface area contributed by atoms with Crippen LogP contribution in [0.2, 0.25) is 0 Å². The molecule has 0 radical (unpaired) electrons. The Morgan fingerprint density at radius 3 is 2.78 bits per heavy atom. The molecule has 36 heavy (non-hydrogen) atoms. The summed E-state index contributed by atoms with van der Waals surface area (Å²) in [6.07, 6.45) is 11.1. The number of fused-ring (bicyclic) bond motifs is 6. The van der Waals surface area contributed by atoms with E-state index in [2.05, 4.69) is 21.2 Å². The van der Waals surface area contributed by atoms with Crippen molar-refractivity contribution in [2.45, 2.75) is 75.9 Å². The van der Waals surface area contributed by atoms with Crippen LogP contribution in [0.4, 0.5) is 4.79 Å². The predicted octanol–water partition coefficient (Wildman–Crippen LogP) is 3.35. The quantitative estimate of drug-likeness (QED) is 0.490. The number of rotatable bonds is 6. The summed E-state index contributed by atoms with van der Waals surface area (Å²) in [6, 6.07) is 9.86. The molecule has 1 aliphatic carbocycles. The highest BCUT2D eigenvalue weighted by atomic mass is 16.2. The minimum Gasteiger partial charge on any atom is -0.336 e. The fraction of sp³-hybridized carbons (Fsp3) is 0.621. The zero-order chi connectivity index (χ0) is 24.6. The molecule has 0 saturated carbocycles. The zero-order valence-electron chi connectivity index (χ0n) is 21.1. The number of imide groups is 1. The van der Waals surface area contributed by atoms with Gasteiger partial charge in [-0.3, -0.25) is 19.4 Å². The van der Waals surface area contributed by atoms with E-state index in [0.29, 0.717) is 43.7 Å². The van der Waals surface area contributed by atoms with Crippen LogP contribution in [0, 0.1) is 11.8 Å². The van der Waals surface area contributed by atoms with Crippen LogP contribution in [0.15, 0.2) is 42.0 Å². The molecule has 0 aromatic heterocycles. The van der Waals surface area contributed by atoms with E-state index in [1.165, 1.54) is 42.7 Å². The number of hydrogen-bond donors (Lipinski definition) is 1. The number of benzene rings is 1. The molecule has 2 bridgehead atoms. The van der Waals surface area contributed by atoms with Crippen molar-refractivity contribution in [1.82, 2.24) is 20.0 Å². The third kappa shape index (κ3) is 4.47. The first-order valence-electron chi connectivity index (χ1n) is 14.0. The Morgan fingerprint density at radius 2 is 1.92 bits per heavy atom. The van der Waals surface area contributed by atoms with Crippen LogP contribution in [0.25, 0.3) is 0 Å². The minimum absolute atomic E-state index is 0.134.